The number of benzene rings is 2. The zero-order valence-corrected chi connectivity index (χ0v) is 17.4. The van der Waals surface area contributed by atoms with Crippen molar-refractivity contribution < 1.29 is 9.53 Å². The Balaban J connectivity index is 1.39. The predicted octanol–water partition coefficient (Wildman–Crippen LogP) is 4.39. The Morgan fingerprint density at radius 3 is 2.72 bits per heavy atom. The van der Waals surface area contributed by atoms with Crippen LogP contribution in [0.15, 0.2) is 42.5 Å². The van der Waals surface area contributed by atoms with Crippen LogP contribution in [0.3, 0.4) is 0 Å². The summed E-state index contributed by atoms with van der Waals surface area (Å²) >= 11 is 7.40. The van der Waals surface area contributed by atoms with Gasteiger partial charge in [-0.3, -0.25) is 4.79 Å². The second-order valence-electron chi connectivity index (χ2n) is 6.40. The first-order valence-electron chi connectivity index (χ1n) is 9.04. The summed E-state index contributed by atoms with van der Waals surface area (Å²) in [7, 11) is 0. The summed E-state index contributed by atoms with van der Waals surface area (Å²) in [5, 5.41) is 17.1. The molecule has 29 heavy (non-hydrogen) atoms. The van der Waals surface area contributed by atoms with E-state index in [9.17, 15) is 4.79 Å². The van der Waals surface area contributed by atoms with Gasteiger partial charge in [0.05, 0.1) is 0 Å². The average Bonchev–Trinajstić information content (AvgIpc) is 3.28. The molecule has 0 aliphatic rings. The topological polar surface area (TPSA) is 81.4 Å². The highest BCUT2D eigenvalue weighted by molar-refractivity contribution is 7.19. The van der Waals surface area contributed by atoms with Gasteiger partial charge < -0.3 is 10.1 Å². The van der Waals surface area contributed by atoms with Crippen LogP contribution in [0.5, 0.6) is 5.75 Å². The number of hydrogen-bond acceptors (Lipinski definition) is 6. The first-order chi connectivity index (χ1) is 14.0. The van der Waals surface area contributed by atoms with Gasteiger partial charge >= 0.3 is 0 Å². The number of aromatic nitrogens is 4. The second kappa shape index (κ2) is 8.18. The summed E-state index contributed by atoms with van der Waals surface area (Å²) < 4.78 is 7.34. The van der Waals surface area contributed by atoms with Crippen LogP contribution >= 0.6 is 22.9 Å². The van der Waals surface area contributed by atoms with Crippen molar-refractivity contribution in [2.45, 2.75) is 20.3 Å². The number of anilines is 1. The fourth-order valence-electron chi connectivity index (χ4n) is 2.81. The lowest BCUT2D eigenvalue weighted by molar-refractivity contribution is -0.118. The Morgan fingerprint density at radius 2 is 2.00 bits per heavy atom. The predicted molar refractivity (Wildman–Crippen MR) is 114 cm³/mol. The lowest BCUT2D eigenvalue weighted by Crippen LogP contribution is -2.20. The van der Waals surface area contributed by atoms with E-state index < -0.39 is 0 Å². The molecule has 2 aromatic carbocycles. The van der Waals surface area contributed by atoms with E-state index >= 15 is 0 Å². The van der Waals surface area contributed by atoms with Gasteiger partial charge in [0.2, 0.25) is 4.96 Å². The van der Waals surface area contributed by atoms with Crippen LogP contribution in [0.2, 0.25) is 5.02 Å². The van der Waals surface area contributed by atoms with E-state index in [2.05, 4.69) is 20.6 Å². The molecular formula is C20H18ClN5O2S. The third-order valence-corrected chi connectivity index (χ3v) is 5.47. The summed E-state index contributed by atoms with van der Waals surface area (Å²) in [6, 6.07) is 12.8. The maximum Gasteiger partial charge on any atom is 0.262 e. The molecule has 0 saturated carbocycles. The Hall–Kier alpha value is -2.97. The van der Waals surface area contributed by atoms with Gasteiger partial charge in [0.25, 0.3) is 5.91 Å². The van der Waals surface area contributed by atoms with Crippen molar-refractivity contribution in [3.05, 3.63) is 58.9 Å². The molecule has 0 fully saturated rings. The Labute approximate surface area is 176 Å². The molecule has 2 aromatic heterocycles. The highest BCUT2D eigenvalue weighted by Crippen LogP contribution is 2.27. The van der Waals surface area contributed by atoms with Crippen LogP contribution in [0.1, 0.15) is 18.3 Å². The van der Waals surface area contributed by atoms with Crippen molar-refractivity contribution in [1.29, 1.82) is 0 Å². The minimum atomic E-state index is -0.238. The number of hydrogen-bond donors (Lipinski definition) is 1. The molecule has 0 radical (unpaired) electrons. The maximum atomic E-state index is 12.2. The Morgan fingerprint density at radius 1 is 1.21 bits per heavy atom. The number of nitrogens with zero attached hydrogens (tertiary/aromatic N) is 4. The van der Waals surface area contributed by atoms with Crippen molar-refractivity contribution in [2.24, 2.45) is 0 Å². The first kappa shape index (κ1) is 19.4. The number of nitrogens with one attached hydrogen (secondary N) is 1. The molecular weight excluding hydrogens is 410 g/mol. The number of carbonyl (C=O) groups is 1. The van der Waals surface area contributed by atoms with Gasteiger partial charge in [-0.2, -0.15) is 9.61 Å². The first-order valence-corrected chi connectivity index (χ1v) is 10.2. The Bertz CT molecular complexity index is 1170. The summed E-state index contributed by atoms with van der Waals surface area (Å²) in [4.78, 5) is 12.9. The number of fused-ring (bicyclic) bond motifs is 1. The van der Waals surface area contributed by atoms with Gasteiger partial charge in [-0.25, -0.2) is 0 Å². The molecule has 0 aliphatic heterocycles. The smallest absolute Gasteiger partial charge is 0.262 e. The monoisotopic (exact) mass is 427 g/mol. The van der Waals surface area contributed by atoms with Crippen LogP contribution in [-0.2, 0) is 11.2 Å². The fraction of sp³-hybridized carbons (Fsp3) is 0.200. The van der Waals surface area contributed by atoms with Gasteiger partial charge in [0.1, 0.15) is 10.8 Å². The molecule has 0 aliphatic carbocycles. The lowest BCUT2D eigenvalue weighted by Gasteiger charge is -2.10. The standard InChI is InChI=1S/C20H18ClN5O2S/c1-3-17-23-24-20-26(17)25-19(29-20)13-4-7-15(8-5-13)22-18(27)11-28-16-9-6-14(21)10-12(16)2/h4-10H,3,11H2,1-2H3,(H,22,27). The van der Waals surface area contributed by atoms with Crippen LogP contribution in [-0.4, -0.2) is 32.3 Å². The van der Waals surface area contributed by atoms with Gasteiger partial charge in [-0.1, -0.05) is 29.9 Å². The van der Waals surface area contributed by atoms with Crippen LogP contribution in [0, 0.1) is 6.92 Å². The SMILES string of the molecule is CCc1nnc2sc(-c3ccc(NC(=O)COc4ccc(Cl)cc4C)cc3)nn12. The van der Waals surface area contributed by atoms with Crippen LogP contribution in [0.4, 0.5) is 5.69 Å². The molecule has 1 N–H and O–H groups in total. The normalized spacial score (nSPS) is 11.0. The molecule has 0 bridgehead atoms. The third kappa shape index (κ3) is 4.23. The average molecular weight is 428 g/mol. The quantitative estimate of drug-likeness (QED) is 0.493. The minimum absolute atomic E-state index is 0.0826. The molecule has 0 saturated heterocycles. The van der Waals surface area contributed by atoms with Gasteiger partial charge in [-0.15, -0.1) is 10.2 Å². The van der Waals surface area contributed by atoms with Gasteiger partial charge in [-0.05, 0) is 55.0 Å². The summed E-state index contributed by atoms with van der Waals surface area (Å²) in [5.41, 5.74) is 2.52. The molecule has 1 amide bonds. The number of rotatable bonds is 6. The summed E-state index contributed by atoms with van der Waals surface area (Å²) in [6.45, 7) is 3.82. The molecule has 9 heteroatoms. The molecule has 0 unspecified atom stereocenters. The Kier molecular flexibility index (Phi) is 5.46. The van der Waals surface area contributed by atoms with E-state index in [-0.39, 0.29) is 12.5 Å². The molecule has 2 heterocycles. The molecule has 148 valence electrons. The third-order valence-electron chi connectivity index (χ3n) is 4.28. The van der Waals surface area contributed by atoms with Gasteiger partial charge in [0, 0.05) is 22.7 Å². The van der Waals surface area contributed by atoms with Crippen molar-refractivity contribution in [3.8, 4) is 16.3 Å². The van der Waals surface area contributed by atoms with E-state index in [4.69, 9.17) is 16.3 Å². The van der Waals surface area contributed by atoms with Crippen molar-refractivity contribution in [2.75, 3.05) is 11.9 Å². The van der Waals surface area contributed by atoms with Crippen molar-refractivity contribution >= 4 is 39.5 Å². The highest BCUT2D eigenvalue weighted by atomic mass is 35.5. The van der Waals surface area contributed by atoms with Crippen molar-refractivity contribution in [1.82, 2.24) is 19.8 Å². The lowest BCUT2D eigenvalue weighted by atomic mass is 10.2. The number of aryl methyl sites for hydroxylation is 2. The fourth-order valence-corrected chi connectivity index (χ4v) is 3.90. The van der Waals surface area contributed by atoms with E-state index in [1.807, 2.05) is 38.1 Å². The van der Waals surface area contributed by atoms with E-state index in [1.54, 1.807) is 22.7 Å². The second-order valence-corrected chi connectivity index (χ2v) is 7.79. The van der Waals surface area contributed by atoms with E-state index in [0.29, 0.717) is 16.5 Å². The number of halogens is 1. The molecule has 7 nitrogen and oxygen atoms in total. The number of amides is 1. The molecule has 0 atom stereocenters. The van der Waals surface area contributed by atoms with Crippen LogP contribution < -0.4 is 10.1 Å². The van der Waals surface area contributed by atoms with E-state index in [1.165, 1.54) is 11.3 Å². The zero-order valence-electron chi connectivity index (χ0n) is 15.8. The maximum absolute atomic E-state index is 12.2. The van der Waals surface area contributed by atoms with Crippen LogP contribution in [0.25, 0.3) is 15.5 Å². The largest absolute Gasteiger partial charge is 0.483 e. The highest BCUT2D eigenvalue weighted by Gasteiger charge is 2.12. The van der Waals surface area contributed by atoms with Gasteiger partial charge in [0.15, 0.2) is 12.4 Å². The zero-order chi connectivity index (χ0) is 20.4. The minimum Gasteiger partial charge on any atom is -0.483 e. The summed E-state index contributed by atoms with van der Waals surface area (Å²) in [6.07, 6.45) is 0.771. The van der Waals surface area contributed by atoms with E-state index in [0.717, 1.165) is 33.3 Å². The molecule has 0 spiro atoms. The number of ether oxygens (including phenoxy) is 1. The van der Waals surface area contributed by atoms with Crippen molar-refractivity contribution in [3.63, 3.8) is 0 Å². The number of carbonyl (C=O) groups excluding carboxylic acids is 1. The molecule has 4 rings (SSSR count). The molecule has 4 aromatic rings. The summed E-state index contributed by atoms with van der Waals surface area (Å²) in [5.74, 6) is 1.23.